The summed E-state index contributed by atoms with van der Waals surface area (Å²) in [6.45, 7) is 3.09. The van der Waals surface area contributed by atoms with Crippen LogP contribution in [0.1, 0.15) is 30.0 Å². The summed E-state index contributed by atoms with van der Waals surface area (Å²) in [6, 6.07) is 5.64. The van der Waals surface area contributed by atoms with Gasteiger partial charge in [-0.3, -0.25) is 0 Å². The van der Waals surface area contributed by atoms with Gasteiger partial charge in [-0.2, -0.15) is 5.10 Å². The fourth-order valence-electron chi connectivity index (χ4n) is 1.84. The van der Waals surface area contributed by atoms with Gasteiger partial charge in [0.05, 0.1) is 7.11 Å². The van der Waals surface area contributed by atoms with Gasteiger partial charge in [-0.05, 0) is 6.92 Å². The lowest BCUT2D eigenvalue weighted by atomic mass is 10.1. The van der Waals surface area contributed by atoms with Crippen molar-refractivity contribution in [3.8, 4) is 11.4 Å². The number of halogens is 2. The smallest absolute Gasteiger partial charge is 0.375 e. The summed E-state index contributed by atoms with van der Waals surface area (Å²) in [5.74, 6) is -3.11. The van der Waals surface area contributed by atoms with Crippen LogP contribution >= 0.6 is 0 Å². The van der Waals surface area contributed by atoms with Crippen molar-refractivity contribution in [2.75, 3.05) is 7.11 Å². The molecule has 0 atom stereocenters. The lowest BCUT2D eigenvalue weighted by molar-refractivity contribution is 0.0175. The van der Waals surface area contributed by atoms with Crippen molar-refractivity contribution >= 4 is 5.97 Å². The molecule has 0 amide bonds. The van der Waals surface area contributed by atoms with Crippen LogP contribution in [0.3, 0.4) is 0 Å². The first-order valence-electron chi connectivity index (χ1n) is 6.38. The van der Waals surface area contributed by atoms with E-state index in [-0.39, 0.29) is 11.4 Å². The maximum absolute atomic E-state index is 13.2. The molecule has 2 aromatic rings. The van der Waals surface area contributed by atoms with E-state index < -0.39 is 11.9 Å². The van der Waals surface area contributed by atoms with Crippen LogP contribution in [0.2, 0.25) is 0 Å². The molecule has 0 saturated heterocycles. The highest BCUT2D eigenvalue weighted by molar-refractivity contribution is 5.85. The van der Waals surface area contributed by atoms with E-state index in [0.29, 0.717) is 17.9 Å². The van der Waals surface area contributed by atoms with Gasteiger partial charge in [0, 0.05) is 24.6 Å². The van der Waals surface area contributed by atoms with E-state index in [4.69, 9.17) is 0 Å². The number of rotatable bonds is 4. The third kappa shape index (κ3) is 3.07. The number of hydrogen-bond acceptors (Lipinski definition) is 4. The molecule has 0 aliphatic rings. The molecule has 0 aliphatic heterocycles. The number of nitrogens with zero attached hydrogens (tertiary/aromatic N) is 3. The van der Waals surface area contributed by atoms with Crippen LogP contribution in [-0.2, 0) is 17.2 Å². The molecule has 0 bridgehead atoms. The molecule has 0 spiro atoms. The molecule has 7 heteroatoms. The van der Waals surface area contributed by atoms with Gasteiger partial charge >= 0.3 is 5.97 Å². The SMILES string of the molecule is CCn1nc(-c2ccc(C(C)(F)F)cc2)nc1C(=O)OC. The molecule has 1 aromatic heterocycles. The molecule has 0 unspecified atom stereocenters. The van der Waals surface area contributed by atoms with Gasteiger partial charge in [0.15, 0.2) is 5.82 Å². The number of methoxy groups -OCH3 is 1. The van der Waals surface area contributed by atoms with E-state index in [1.54, 1.807) is 0 Å². The first-order chi connectivity index (χ1) is 9.86. The number of alkyl halides is 2. The Balaban J connectivity index is 2.38. The zero-order valence-electron chi connectivity index (χ0n) is 11.9. The minimum absolute atomic E-state index is 0.0832. The fraction of sp³-hybridized carbons (Fsp3) is 0.357. The lowest BCUT2D eigenvalue weighted by Gasteiger charge is -2.10. The summed E-state index contributed by atoms with van der Waals surface area (Å²) >= 11 is 0. The third-order valence-corrected chi connectivity index (χ3v) is 2.99. The van der Waals surface area contributed by atoms with Crippen molar-refractivity contribution < 1.29 is 18.3 Å². The van der Waals surface area contributed by atoms with Gasteiger partial charge in [-0.15, -0.1) is 0 Å². The molecular formula is C14H15F2N3O2. The van der Waals surface area contributed by atoms with Crippen molar-refractivity contribution in [3.05, 3.63) is 35.7 Å². The van der Waals surface area contributed by atoms with Crippen LogP contribution in [0.4, 0.5) is 8.78 Å². The second kappa shape index (κ2) is 5.59. The predicted molar refractivity (Wildman–Crippen MR) is 72.0 cm³/mol. The van der Waals surface area contributed by atoms with E-state index in [1.165, 1.54) is 36.1 Å². The number of hydrogen-bond donors (Lipinski definition) is 0. The Labute approximate surface area is 120 Å². The zero-order valence-corrected chi connectivity index (χ0v) is 11.9. The summed E-state index contributed by atoms with van der Waals surface area (Å²) in [5, 5.41) is 4.18. The summed E-state index contributed by atoms with van der Waals surface area (Å²) in [7, 11) is 1.26. The average Bonchev–Trinajstić information content (AvgIpc) is 2.90. The molecular weight excluding hydrogens is 280 g/mol. The van der Waals surface area contributed by atoms with Crippen LogP contribution in [0.5, 0.6) is 0 Å². The van der Waals surface area contributed by atoms with E-state index in [0.717, 1.165) is 6.92 Å². The van der Waals surface area contributed by atoms with Crippen LogP contribution in [0.25, 0.3) is 11.4 Å². The number of carbonyl (C=O) groups excluding carboxylic acids is 1. The number of carbonyl (C=O) groups is 1. The standard InChI is InChI=1S/C14H15F2N3O2/c1-4-19-12(13(20)21-3)17-11(18-19)9-5-7-10(8-6-9)14(2,15)16/h5-8H,4H2,1-3H3. The van der Waals surface area contributed by atoms with Gasteiger partial charge in [-0.25, -0.2) is 23.2 Å². The summed E-state index contributed by atoms with van der Waals surface area (Å²) in [4.78, 5) is 15.7. The molecule has 0 N–H and O–H groups in total. The van der Waals surface area contributed by atoms with Gasteiger partial charge < -0.3 is 4.74 Å². The largest absolute Gasteiger partial charge is 0.463 e. The maximum Gasteiger partial charge on any atom is 0.375 e. The topological polar surface area (TPSA) is 57.0 Å². The molecule has 21 heavy (non-hydrogen) atoms. The molecule has 0 radical (unpaired) electrons. The van der Waals surface area contributed by atoms with Gasteiger partial charge in [0.2, 0.25) is 5.82 Å². The first kappa shape index (κ1) is 15.1. The van der Waals surface area contributed by atoms with Crippen LogP contribution in [-0.4, -0.2) is 27.8 Å². The monoisotopic (exact) mass is 295 g/mol. The van der Waals surface area contributed by atoms with E-state index in [2.05, 4.69) is 14.8 Å². The van der Waals surface area contributed by atoms with Gasteiger partial charge in [0.25, 0.3) is 5.92 Å². The average molecular weight is 295 g/mol. The van der Waals surface area contributed by atoms with Crippen molar-refractivity contribution in [2.24, 2.45) is 0 Å². The summed E-state index contributed by atoms with van der Waals surface area (Å²) < 4.78 is 32.4. The van der Waals surface area contributed by atoms with Gasteiger partial charge in [0.1, 0.15) is 0 Å². The van der Waals surface area contributed by atoms with Crippen molar-refractivity contribution in [2.45, 2.75) is 26.3 Å². The Hall–Kier alpha value is -2.31. The van der Waals surface area contributed by atoms with Crippen molar-refractivity contribution in [3.63, 3.8) is 0 Å². The number of esters is 1. The molecule has 0 fully saturated rings. The van der Waals surface area contributed by atoms with Gasteiger partial charge in [-0.1, -0.05) is 24.3 Å². The molecule has 1 heterocycles. The van der Waals surface area contributed by atoms with Crippen LogP contribution in [0.15, 0.2) is 24.3 Å². The molecule has 1 aromatic carbocycles. The van der Waals surface area contributed by atoms with E-state index >= 15 is 0 Å². The quantitative estimate of drug-likeness (QED) is 0.814. The molecule has 112 valence electrons. The Morgan fingerprint density at radius 1 is 1.33 bits per heavy atom. The molecule has 0 saturated carbocycles. The maximum atomic E-state index is 13.2. The summed E-state index contributed by atoms with van der Waals surface area (Å²) in [6.07, 6.45) is 0. The molecule has 0 aliphatic carbocycles. The fourth-order valence-corrected chi connectivity index (χ4v) is 1.84. The normalized spacial score (nSPS) is 11.5. The van der Waals surface area contributed by atoms with E-state index in [9.17, 15) is 13.6 Å². The Morgan fingerprint density at radius 3 is 2.43 bits per heavy atom. The number of ether oxygens (including phenoxy) is 1. The van der Waals surface area contributed by atoms with E-state index in [1.807, 2.05) is 6.92 Å². The second-order valence-electron chi connectivity index (χ2n) is 4.53. The highest BCUT2D eigenvalue weighted by Gasteiger charge is 2.24. The number of aryl methyl sites for hydroxylation is 1. The van der Waals surface area contributed by atoms with Crippen molar-refractivity contribution in [1.29, 1.82) is 0 Å². The zero-order chi connectivity index (χ0) is 15.6. The number of benzene rings is 1. The minimum atomic E-state index is -2.90. The minimum Gasteiger partial charge on any atom is -0.463 e. The summed E-state index contributed by atoms with van der Waals surface area (Å²) in [5.41, 5.74) is 0.467. The third-order valence-electron chi connectivity index (χ3n) is 2.99. The molecule has 2 rings (SSSR count). The number of aromatic nitrogens is 3. The Morgan fingerprint density at radius 2 is 1.95 bits per heavy atom. The Bertz CT molecular complexity index is 645. The van der Waals surface area contributed by atoms with Crippen LogP contribution < -0.4 is 0 Å². The second-order valence-corrected chi connectivity index (χ2v) is 4.53. The Kier molecular flexibility index (Phi) is 4.02. The molecule has 5 nitrogen and oxygen atoms in total. The highest BCUT2D eigenvalue weighted by atomic mass is 19.3. The predicted octanol–water partition coefficient (Wildman–Crippen LogP) is 2.86. The first-order valence-corrected chi connectivity index (χ1v) is 6.38. The van der Waals surface area contributed by atoms with Crippen LogP contribution in [0, 0.1) is 0 Å². The lowest BCUT2D eigenvalue weighted by Crippen LogP contribution is -2.11. The highest BCUT2D eigenvalue weighted by Crippen LogP contribution is 2.28. The van der Waals surface area contributed by atoms with Crippen molar-refractivity contribution in [1.82, 2.24) is 14.8 Å².